The average molecular weight is 383 g/mol. The van der Waals surface area contributed by atoms with Gasteiger partial charge in [-0.05, 0) is 69.6 Å². The second kappa shape index (κ2) is 7.63. The Labute approximate surface area is 168 Å². The molecule has 4 rings (SSSR count). The van der Waals surface area contributed by atoms with Gasteiger partial charge >= 0.3 is 0 Å². The van der Waals surface area contributed by atoms with E-state index in [0.717, 1.165) is 17.4 Å². The quantitative estimate of drug-likeness (QED) is 0.768. The van der Waals surface area contributed by atoms with Crippen LogP contribution in [0.25, 0.3) is 0 Å². The lowest BCUT2D eigenvalue weighted by Crippen LogP contribution is -2.40. The zero-order valence-electron chi connectivity index (χ0n) is 16.6. The molecule has 0 aromatic carbocycles. The van der Waals surface area contributed by atoms with Gasteiger partial charge in [-0.25, -0.2) is 0 Å². The molecule has 0 amide bonds. The third-order valence-corrected chi connectivity index (χ3v) is 6.68. The first kappa shape index (κ1) is 18.5. The summed E-state index contributed by atoms with van der Waals surface area (Å²) in [6.07, 6.45) is 8.32. The van der Waals surface area contributed by atoms with Crippen molar-refractivity contribution in [1.29, 1.82) is 0 Å². The van der Waals surface area contributed by atoms with E-state index in [2.05, 4.69) is 58.7 Å². The molecular formula is C22H30N4S. The molecule has 0 spiro atoms. The molecule has 1 saturated heterocycles. The van der Waals surface area contributed by atoms with Crippen LogP contribution in [0.2, 0.25) is 0 Å². The fourth-order valence-electron chi connectivity index (χ4n) is 5.06. The number of thiocarbonyl (C=S) groups is 1. The molecule has 4 nitrogen and oxygen atoms in total. The van der Waals surface area contributed by atoms with Crippen LogP contribution < -0.4 is 5.32 Å². The second-order valence-corrected chi connectivity index (χ2v) is 8.28. The summed E-state index contributed by atoms with van der Waals surface area (Å²) in [6.45, 7) is 7.68. The smallest absolute Gasteiger partial charge is 0.170 e. The van der Waals surface area contributed by atoms with Crippen LogP contribution >= 0.6 is 12.2 Å². The van der Waals surface area contributed by atoms with Crippen LogP contribution in [0.15, 0.2) is 30.5 Å². The van der Waals surface area contributed by atoms with Crippen LogP contribution in [-0.2, 0) is 6.54 Å². The van der Waals surface area contributed by atoms with E-state index in [1.54, 1.807) is 0 Å². The maximum absolute atomic E-state index is 5.87. The maximum Gasteiger partial charge on any atom is 0.170 e. The maximum atomic E-state index is 5.87. The number of hydrogen-bond donors (Lipinski definition) is 1. The van der Waals surface area contributed by atoms with E-state index in [1.807, 2.05) is 12.3 Å². The summed E-state index contributed by atoms with van der Waals surface area (Å²) in [7, 11) is 0. The Morgan fingerprint density at radius 1 is 1.19 bits per heavy atom. The lowest BCUT2D eigenvalue weighted by molar-refractivity contribution is 0.196. The first-order valence-corrected chi connectivity index (χ1v) is 10.7. The summed E-state index contributed by atoms with van der Waals surface area (Å²) >= 11 is 5.87. The number of aryl methyl sites for hydroxylation is 1. The average Bonchev–Trinajstić information content (AvgIpc) is 3.18. The van der Waals surface area contributed by atoms with Crippen LogP contribution in [0.5, 0.6) is 0 Å². The highest BCUT2D eigenvalue weighted by molar-refractivity contribution is 7.80. The van der Waals surface area contributed by atoms with Gasteiger partial charge in [0.15, 0.2) is 5.11 Å². The van der Waals surface area contributed by atoms with Gasteiger partial charge in [-0.2, -0.15) is 0 Å². The number of nitrogens with one attached hydrogen (secondary N) is 1. The van der Waals surface area contributed by atoms with E-state index in [1.165, 1.54) is 49.1 Å². The Morgan fingerprint density at radius 2 is 1.96 bits per heavy atom. The van der Waals surface area contributed by atoms with Crippen molar-refractivity contribution in [2.75, 3.05) is 0 Å². The van der Waals surface area contributed by atoms with Crippen molar-refractivity contribution in [1.82, 2.24) is 19.8 Å². The molecule has 144 valence electrons. The summed E-state index contributed by atoms with van der Waals surface area (Å²) in [5.41, 5.74) is 5.15. The van der Waals surface area contributed by atoms with Gasteiger partial charge in [0.25, 0.3) is 0 Å². The SMILES string of the molecule is CCn1c(C)cc(C2C(c3ccccn3)NC(=S)N2C2CCCCC2)c1C. The van der Waals surface area contributed by atoms with Gasteiger partial charge in [0.1, 0.15) is 0 Å². The summed E-state index contributed by atoms with van der Waals surface area (Å²) < 4.78 is 2.41. The van der Waals surface area contributed by atoms with Crippen molar-refractivity contribution in [2.45, 2.75) is 77.5 Å². The molecule has 2 aromatic rings. The molecule has 1 saturated carbocycles. The van der Waals surface area contributed by atoms with Gasteiger partial charge in [0, 0.05) is 30.2 Å². The van der Waals surface area contributed by atoms with E-state index in [-0.39, 0.29) is 12.1 Å². The van der Waals surface area contributed by atoms with Gasteiger partial charge in [-0.3, -0.25) is 4.98 Å². The molecule has 2 fully saturated rings. The largest absolute Gasteiger partial charge is 0.352 e. The van der Waals surface area contributed by atoms with Crippen molar-refractivity contribution in [3.05, 3.63) is 53.1 Å². The van der Waals surface area contributed by atoms with Gasteiger partial charge in [0.05, 0.1) is 17.8 Å². The summed E-state index contributed by atoms with van der Waals surface area (Å²) in [4.78, 5) is 7.18. The van der Waals surface area contributed by atoms with Crippen molar-refractivity contribution in [2.24, 2.45) is 0 Å². The molecule has 2 aliphatic rings. The second-order valence-electron chi connectivity index (χ2n) is 7.90. The van der Waals surface area contributed by atoms with Crippen LogP contribution in [0, 0.1) is 13.8 Å². The zero-order chi connectivity index (χ0) is 19.0. The van der Waals surface area contributed by atoms with Crippen LogP contribution in [0.3, 0.4) is 0 Å². The standard InChI is InChI=1S/C22H30N4S/c1-4-25-15(2)14-18(16(25)3)21-20(19-12-8-9-13-23-19)24-22(27)26(21)17-10-6-5-7-11-17/h8-9,12-14,17,20-21H,4-7,10-11H2,1-3H3,(H,24,27). The summed E-state index contributed by atoms with van der Waals surface area (Å²) in [6, 6.07) is 9.38. The molecule has 5 heteroatoms. The lowest BCUT2D eigenvalue weighted by Gasteiger charge is -2.37. The normalized spacial score (nSPS) is 23.7. The minimum Gasteiger partial charge on any atom is -0.352 e. The van der Waals surface area contributed by atoms with Gasteiger partial charge in [0.2, 0.25) is 0 Å². The van der Waals surface area contributed by atoms with E-state index < -0.39 is 0 Å². The molecule has 1 aliphatic heterocycles. The number of aromatic nitrogens is 2. The first-order chi connectivity index (χ1) is 13.1. The van der Waals surface area contributed by atoms with Crippen molar-refractivity contribution < 1.29 is 0 Å². The minimum atomic E-state index is 0.103. The molecule has 1 aliphatic carbocycles. The van der Waals surface area contributed by atoms with Gasteiger partial charge < -0.3 is 14.8 Å². The monoisotopic (exact) mass is 382 g/mol. The minimum absolute atomic E-state index is 0.103. The number of nitrogens with zero attached hydrogens (tertiary/aromatic N) is 3. The predicted molar refractivity (Wildman–Crippen MR) is 114 cm³/mol. The Hall–Kier alpha value is -1.88. The fourth-order valence-corrected chi connectivity index (χ4v) is 5.45. The zero-order valence-corrected chi connectivity index (χ0v) is 17.4. The predicted octanol–water partition coefficient (Wildman–Crippen LogP) is 4.83. The van der Waals surface area contributed by atoms with E-state index >= 15 is 0 Å². The Balaban J connectivity index is 1.80. The molecule has 2 unspecified atom stereocenters. The Bertz CT molecular complexity index is 807. The van der Waals surface area contributed by atoms with Crippen LogP contribution in [0.4, 0.5) is 0 Å². The molecule has 2 atom stereocenters. The molecule has 1 N–H and O–H groups in total. The Morgan fingerprint density at radius 3 is 2.59 bits per heavy atom. The van der Waals surface area contributed by atoms with Gasteiger partial charge in [-0.1, -0.05) is 25.3 Å². The Kier molecular flexibility index (Phi) is 5.22. The van der Waals surface area contributed by atoms with Crippen molar-refractivity contribution in [3.63, 3.8) is 0 Å². The molecular weight excluding hydrogens is 352 g/mol. The first-order valence-electron chi connectivity index (χ1n) is 10.3. The fraction of sp³-hybridized carbons (Fsp3) is 0.545. The molecule has 27 heavy (non-hydrogen) atoms. The highest BCUT2D eigenvalue weighted by Gasteiger charge is 2.44. The van der Waals surface area contributed by atoms with Crippen LogP contribution in [0.1, 0.15) is 73.8 Å². The molecule has 2 aromatic heterocycles. The molecule has 0 bridgehead atoms. The number of pyridine rings is 1. The molecule has 0 radical (unpaired) electrons. The third kappa shape index (κ3) is 3.27. The van der Waals surface area contributed by atoms with E-state index in [4.69, 9.17) is 12.2 Å². The molecule has 3 heterocycles. The summed E-state index contributed by atoms with van der Waals surface area (Å²) in [5.74, 6) is 0. The van der Waals surface area contributed by atoms with E-state index in [9.17, 15) is 0 Å². The van der Waals surface area contributed by atoms with E-state index in [0.29, 0.717) is 6.04 Å². The van der Waals surface area contributed by atoms with Gasteiger partial charge in [-0.15, -0.1) is 0 Å². The topological polar surface area (TPSA) is 33.1 Å². The summed E-state index contributed by atoms with van der Waals surface area (Å²) in [5, 5.41) is 4.52. The third-order valence-electron chi connectivity index (χ3n) is 6.35. The van der Waals surface area contributed by atoms with Crippen molar-refractivity contribution in [3.8, 4) is 0 Å². The van der Waals surface area contributed by atoms with Crippen molar-refractivity contribution >= 4 is 17.3 Å². The lowest BCUT2D eigenvalue weighted by atomic mass is 9.90. The number of rotatable bonds is 4. The highest BCUT2D eigenvalue weighted by atomic mass is 32.1. The highest BCUT2D eigenvalue weighted by Crippen LogP contribution is 2.43. The number of hydrogen-bond acceptors (Lipinski definition) is 2. The van der Waals surface area contributed by atoms with Crippen LogP contribution in [-0.4, -0.2) is 25.6 Å².